The minimum absolute atomic E-state index is 0.0266. The number of para-hydroxylation sites is 1. The average molecular weight is 716 g/mol. The molecule has 2 bridgehead atoms. The maximum atomic E-state index is 14.8. The van der Waals surface area contributed by atoms with Gasteiger partial charge in [0.2, 0.25) is 17.7 Å². The van der Waals surface area contributed by atoms with E-state index in [4.69, 9.17) is 9.47 Å². The van der Waals surface area contributed by atoms with Crippen LogP contribution >= 0.6 is 15.9 Å². The van der Waals surface area contributed by atoms with Crippen LogP contribution in [-0.2, 0) is 35.3 Å². The number of hydrogen-bond acceptors (Lipinski definition) is 9. The molecule has 8 atom stereocenters. The fourth-order valence-corrected chi connectivity index (χ4v) is 8.16. The van der Waals surface area contributed by atoms with Crippen LogP contribution in [0.1, 0.15) is 40.0 Å². The molecule has 2 N–H and O–H groups in total. The lowest BCUT2D eigenvalue weighted by Crippen LogP contribution is -2.60. The molecule has 13 nitrogen and oxygen atoms in total. The van der Waals surface area contributed by atoms with Crippen molar-refractivity contribution < 1.29 is 33.8 Å². The maximum Gasteiger partial charge on any atom is 0.312 e. The summed E-state index contributed by atoms with van der Waals surface area (Å²) < 4.78 is 14.0. The topological polar surface area (TPSA) is 156 Å². The fraction of sp³-hybridized carbons (Fsp3) is 0.576. The minimum atomic E-state index is -1.36. The molecule has 3 aliphatic heterocycles. The Morgan fingerprint density at radius 3 is 2.68 bits per heavy atom. The number of fused-ring (bicyclic) bond motifs is 2. The summed E-state index contributed by atoms with van der Waals surface area (Å²) in [6, 6.07) is 5.53. The van der Waals surface area contributed by atoms with Crippen LogP contribution < -0.4 is 5.32 Å². The molecule has 1 unspecified atom stereocenters. The van der Waals surface area contributed by atoms with Gasteiger partial charge in [-0.3, -0.25) is 19.2 Å². The van der Waals surface area contributed by atoms with Gasteiger partial charge in [-0.05, 0) is 37.8 Å². The zero-order valence-corrected chi connectivity index (χ0v) is 28.5. The second kappa shape index (κ2) is 14.2. The van der Waals surface area contributed by atoms with E-state index in [0.717, 1.165) is 5.52 Å². The van der Waals surface area contributed by atoms with E-state index < -0.39 is 59.5 Å². The first-order chi connectivity index (χ1) is 22.5. The Morgan fingerprint density at radius 1 is 1.26 bits per heavy atom. The number of carbonyl (C=O) groups is 4. The normalized spacial score (nSPS) is 27.5. The molecule has 1 spiro atoms. The van der Waals surface area contributed by atoms with Crippen LogP contribution in [0, 0.1) is 17.8 Å². The second-order valence-corrected chi connectivity index (χ2v) is 14.0. The molecule has 2 aromatic rings. The van der Waals surface area contributed by atoms with Gasteiger partial charge in [-0.25, -0.2) is 4.68 Å². The third kappa shape index (κ3) is 6.34. The lowest BCUT2D eigenvalue weighted by Gasteiger charge is -2.40. The molecule has 1 aromatic heterocycles. The lowest BCUT2D eigenvalue weighted by molar-refractivity contribution is -0.160. The summed E-state index contributed by atoms with van der Waals surface area (Å²) in [5.74, 6) is -3.90. The van der Waals surface area contributed by atoms with Crippen molar-refractivity contribution >= 4 is 50.7 Å². The third-order valence-electron chi connectivity index (χ3n) is 9.41. The predicted octanol–water partition coefficient (Wildman–Crippen LogP) is 2.18. The fourth-order valence-electron chi connectivity index (χ4n) is 7.22. The van der Waals surface area contributed by atoms with E-state index in [1.54, 1.807) is 23.8 Å². The third-order valence-corrected chi connectivity index (χ3v) is 10.3. The number of ether oxygens (including phenoxy) is 2. The number of carbonyl (C=O) groups excluding carboxylic acids is 4. The standard InChI is InChI=1S/C33H43BrN6O7/c1-6-8-13-25(42)35-16-20(5)46-32(45)26-27-30(43)40(24(17-41)19(3)4)29(33(27)15-21(34)28(26)47-33)31(44)38(14-7-2)18-39-23-12-10-9-11-22(23)36-37-39/h6-7,9-12,19-21,24,26-29,41H,1-2,8,13-18H2,3-5H3,(H,35,42)/t20-,21?,24+,26-,27+,28-,29-,33+/m1/s1. The Bertz CT molecular complexity index is 1530. The summed E-state index contributed by atoms with van der Waals surface area (Å²) >= 11 is 3.68. The smallest absolute Gasteiger partial charge is 0.312 e. The number of nitrogens with zero attached hydrogens (tertiary/aromatic N) is 5. The molecule has 5 rings (SSSR count). The van der Waals surface area contributed by atoms with E-state index in [9.17, 15) is 24.3 Å². The van der Waals surface area contributed by atoms with Crippen LogP contribution in [0.5, 0.6) is 0 Å². The zero-order chi connectivity index (χ0) is 34.0. The number of aliphatic hydroxyl groups excluding tert-OH is 1. The Labute approximate surface area is 282 Å². The molecule has 1 aromatic carbocycles. The average Bonchev–Trinajstić information content (AvgIpc) is 3.76. The highest BCUT2D eigenvalue weighted by molar-refractivity contribution is 9.09. The highest BCUT2D eigenvalue weighted by atomic mass is 79.9. The first-order valence-electron chi connectivity index (χ1n) is 16.0. The lowest BCUT2D eigenvalue weighted by atomic mass is 9.70. The molecule has 254 valence electrons. The SMILES string of the molecule is C=CCCC(=O)NC[C@@H](C)OC(=O)[C@H]1[C@@H]2O[C@@]3(CC2Br)[C@@H]1C(=O)N([C@@H](CO)C(C)C)[C@@H]3C(=O)N(CC=C)Cn1nnc2ccccc21. The van der Waals surface area contributed by atoms with Gasteiger partial charge in [0.1, 0.15) is 29.9 Å². The summed E-state index contributed by atoms with van der Waals surface area (Å²) in [7, 11) is 0. The summed E-state index contributed by atoms with van der Waals surface area (Å²) in [5, 5.41) is 21.8. The Balaban J connectivity index is 1.47. The molecule has 0 saturated carbocycles. The van der Waals surface area contributed by atoms with Gasteiger partial charge in [0.05, 0.1) is 42.6 Å². The monoisotopic (exact) mass is 714 g/mol. The van der Waals surface area contributed by atoms with Gasteiger partial charge in [0.25, 0.3) is 0 Å². The van der Waals surface area contributed by atoms with Gasteiger partial charge in [-0.2, -0.15) is 0 Å². The summed E-state index contributed by atoms with van der Waals surface area (Å²) in [4.78, 5) is 57.9. The number of allylic oxidation sites excluding steroid dienone is 1. The Morgan fingerprint density at radius 2 is 2.00 bits per heavy atom. The van der Waals surface area contributed by atoms with Crippen LogP contribution in [-0.4, -0.2) is 108 Å². The number of hydrogen-bond donors (Lipinski definition) is 2. The van der Waals surface area contributed by atoms with Gasteiger partial charge < -0.3 is 29.7 Å². The van der Waals surface area contributed by atoms with E-state index in [2.05, 4.69) is 44.7 Å². The largest absolute Gasteiger partial charge is 0.460 e. The van der Waals surface area contributed by atoms with Crippen molar-refractivity contribution in [3.63, 3.8) is 0 Å². The van der Waals surface area contributed by atoms with E-state index >= 15 is 0 Å². The van der Waals surface area contributed by atoms with Crippen molar-refractivity contribution in [2.45, 2.75) is 81.4 Å². The van der Waals surface area contributed by atoms with Gasteiger partial charge in [0, 0.05) is 17.8 Å². The molecule has 3 amide bonds. The van der Waals surface area contributed by atoms with Gasteiger partial charge in [-0.15, -0.1) is 18.3 Å². The number of aliphatic hydroxyl groups is 1. The molecular formula is C33H43BrN6O7. The number of halogens is 1. The Hall–Kier alpha value is -3.62. The first-order valence-corrected chi connectivity index (χ1v) is 16.9. The van der Waals surface area contributed by atoms with Crippen molar-refractivity contribution in [3.8, 4) is 0 Å². The first kappa shape index (κ1) is 34.7. The van der Waals surface area contributed by atoms with Crippen molar-refractivity contribution in [1.29, 1.82) is 0 Å². The molecular weight excluding hydrogens is 672 g/mol. The van der Waals surface area contributed by atoms with Crippen LogP contribution in [0.4, 0.5) is 0 Å². The summed E-state index contributed by atoms with van der Waals surface area (Å²) in [5.41, 5.74) is 0.0414. The highest BCUT2D eigenvalue weighted by Gasteiger charge is 2.77. The van der Waals surface area contributed by atoms with Crippen molar-refractivity contribution in [2.24, 2.45) is 17.8 Å². The van der Waals surface area contributed by atoms with Crippen LogP contribution in [0.25, 0.3) is 11.0 Å². The van der Waals surface area contributed by atoms with Crippen molar-refractivity contribution in [2.75, 3.05) is 19.7 Å². The van der Waals surface area contributed by atoms with Gasteiger partial charge >= 0.3 is 5.97 Å². The van der Waals surface area contributed by atoms with E-state index in [1.165, 1.54) is 9.80 Å². The Kier molecular flexibility index (Phi) is 10.5. The highest BCUT2D eigenvalue weighted by Crippen LogP contribution is 2.61. The number of rotatable bonds is 15. The van der Waals surface area contributed by atoms with Crippen LogP contribution in [0.3, 0.4) is 0 Å². The quantitative estimate of drug-likeness (QED) is 0.160. The number of alkyl halides is 1. The van der Waals surface area contributed by atoms with Gasteiger partial charge in [0.15, 0.2) is 0 Å². The van der Waals surface area contributed by atoms with E-state index in [1.807, 2.05) is 38.1 Å². The minimum Gasteiger partial charge on any atom is -0.460 e. The summed E-state index contributed by atoms with van der Waals surface area (Å²) in [6.07, 6.45) is 2.95. The van der Waals surface area contributed by atoms with Crippen molar-refractivity contribution in [1.82, 2.24) is 30.1 Å². The number of likely N-dealkylation sites (tertiary alicyclic amines) is 1. The predicted molar refractivity (Wildman–Crippen MR) is 176 cm³/mol. The second-order valence-electron chi connectivity index (χ2n) is 12.9. The van der Waals surface area contributed by atoms with Crippen LogP contribution in [0.15, 0.2) is 49.6 Å². The molecule has 3 fully saturated rings. The van der Waals surface area contributed by atoms with E-state index in [-0.39, 0.29) is 49.4 Å². The van der Waals surface area contributed by atoms with E-state index in [0.29, 0.717) is 18.4 Å². The van der Waals surface area contributed by atoms with Crippen LogP contribution in [0.2, 0.25) is 0 Å². The number of benzene rings is 1. The molecule has 47 heavy (non-hydrogen) atoms. The molecule has 4 heterocycles. The number of esters is 1. The number of aromatic nitrogens is 3. The molecule has 14 heteroatoms. The molecule has 0 radical (unpaired) electrons. The summed E-state index contributed by atoms with van der Waals surface area (Å²) in [6.45, 7) is 12.7. The number of amides is 3. The molecule has 3 aliphatic rings. The molecule has 0 aliphatic carbocycles. The van der Waals surface area contributed by atoms with Gasteiger partial charge in [-0.1, -0.05) is 59.3 Å². The van der Waals surface area contributed by atoms with Crippen molar-refractivity contribution in [3.05, 3.63) is 49.6 Å². The maximum absolute atomic E-state index is 14.8. The number of nitrogens with one attached hydrogen (secondary N) is 1. The zero-order valence-electron chi connectivity index (χ0n) is 27.0. The molecule has 3 saturated heterocycles.